The molecule has 5 rings (SSSR count). The first-order chi connectivity index (χ1) is 14.1. The Morgan fingerprint density at radius 1 is 1.17 bits per heavy atom. The van der Waals surface area contributed by atoms with Gasteiger partial charge in [0.15, 0.2) is 10.8 Å². The Kier molecular flexibility index (Phi) is 4.57. The van der Waals surface area contributed by atoms with Gasteiger partial charge in [-0.3, -0.25) is 4.40 Å². The number of piperidine rings is 1. The number of nitrogen functional groups attached to an aromatic ring is 1. The number of imidazole rings is 1. The number of rotatable bonds is 1. The summed E-state index contributed by atoms with van der Waals surface area (Å²) in [4.78, 5) is 11.5. The molecular formula is C22H22ClN5O. The first kappa shape index (κ1) is 18.3. The molecule has 7 heteroatoms. The average molecular weight is 408 g/mol. The van der Waals surface area contributed by atoms with Crippen molar-refractivity contribution in [2.75, 3.05) is 36.9 Å². The number of fused-ring (bicyclic) bond motifs is 1. The van der Waals surface area contributed by atoms with Crippen LogP contribution in [-0.4, -0.2) is 40.7 Å². The Balaban J connectivity index is 1.47. The van der Waals surface area contributed by atoms with E-state index in [4.69, 9.17) is 27.1 Å². The van der Waals surface area contributed by atoms with Gasteiger partial charge in [-0.15, -0.1) is 0 Å². The molecule has 2 fully saturated rings. The molecule has 6 nitrogen and oxygen atoms in total. The van der Waals surface area contributed by atoms with Crippen molar-refractivity contribution in [3.63, 3.8) is 0 Å². The van der Waals surface area contributed by atoms with Gasteiger partial charge in [0.1, 0.15) is 5.56 Å². The van der Waals surface area contributed by atoms with Crippen LogP contribution in [0.15, 0.2) is 36.7 Å². The van der Waals surface area contributed by atoms with Crippen molar-refractivity contribution in [3.8, 4) is 11.8 Å². The molecule has 29 heavy (non-hydrogen) atoms. The summed E-state index contributed by atoms with van der Waals surface area (Å²) in [5.41, 5.74) is 9.04. The lowest BCUT2D eigenvalue weighted by atomic mass is 9.78. The van der Waals surface area contributed by atoms with Crippen LogP contribution in [0, 0.1) is 17.3 Å². The van der Waals surface area contributed by atoms with Crippen LogP contribution in [-0.2, 0) is 4.74 Å². The summed E-state index contributed by atoms with van der Waals surface area (Å²) >= 11 is 6.56. The fourth-order valence-corrected chi connectivity index (χ4v) is 4.45. The second-order valence-electron chi connectivity index (χ2n) is 7.86. The van der Waals surface area contributed by atoms with E-state index < -0.39 is 0 Å². The molecule has 2 aliphatic rings. The molecule has 0 unspecified atom stereocenters. The van der Waals surface area contributed by atoms with Crippen molar-refractivity contribution in [3.05, 3.63) is 52.9 Å². The molecule has 2 saturated heterocycles. The van der Waals surface area contributed by atoms with E-state index in [1.807, 2.05) is 34.9 Å². The molecule has 4 heterocycles. The Bertz CT molecular complexity index is 1110. The molecule has 0 radical (unpaired) electrons. The molecular weight excluding hydrogens is 386 g/mol. The Labute approximate surface area is 174 Å². The van der Waals surface area contributed by atoms with E-state index in [0.717, 1.165) is 62.7 Å². The summed E-state index contributed by atoms with van der Waals surface area (Å²) in [7, 11) is 0. The van der Waals surface area contributed by atoms with Crippen molar-refractivity contribution < 1.29 is 4.74 Å². The van der Waals surface area contributed by atoms with Crippen LogP contribution in [0.25, 0.3) is 5.65 Å². The zero-order chi connectivity index (χ0) is 19.8. The Hall–Kier alpha value is -2.75. The van der Waals surface area contributed by atoms with Gasteiger partial charge in [-0.2, -0.15) is 0 Å². The molecule has 2 N–H and O–H groups in total. The third-order valence-corrected chi connectivity index (χ3v) is 6.27. The van der Waals surface area contributed by atoms with Gasteiger partial charge in [0.2, 0.25) is 5.95 Å². The van der Waals surface area contributed by atoms with Gasteiger partial charge in [-0.25, -0.2) is 9.97 Å². The number of anilines is 2. The van der Waals surface area contributed by atoms with Gasteiger partial charge in [0.05, 0.1) is 6.61 Å². The average Bonchev–Trinajstić information content (AvgIpc) is 3.38. The minimum Gasteiger partial charge on any atom is -0.399 e. The van der Waals surface area contributed by atoms with Crippen molar-refractivity contribution in [1.29, 1.82) is 0 Å². The summed E-state index contributed by atoms with van der Waals surface area (Å²) < 4.78 is 7.63. The molecule has 1 spiro atoms. The molecule has 0 bridgehead atoms. The highest BCUT2D eigenvalue weighted by atomic mass is 35.5. The van der Waals surface area contributed by atoms with Crippen LogP contribution in [0.5, 0.6) is 0 Å². The Morgan fingerprint density at radius 3 is 2.79 bits per heavy atom. The predicted octanol–water partition coefficient (Wildman–Crippen LogP) is 3.37. The number of ether oxygens (including phenoxy) is 1. The highest BCUT2D eigenvalue weighted by molar-refractivity contribution is 6.31. The summed E-state index contributed by atoms with van der Waals surface area (Å²) in [6, 6.07) is 7.47. The Morgan fingerprint density at radius 2 is 2.03 bits per heavy atom. The van der Waals surface area contributed by atoms with Crippen LogP contribution in [0.1, 0.15) is 30.4 Å². The summed E-state index contributed by atoms with van der Waals surface area (Å²) in [6.45, 7) is 3.65. The van der Waals surface area contributed by atoms with E-state index in [2.05, 4.69) is 21.7 Å². The molecule has 3 aromatic rings. The second kappa shape index (κ2) is 7.25. The monoisotopic (exact) mass is 407 g/mol. The molecule has 2 aromatic heterocycles. The molecule has 0 saturated carbocycles. The van der Waals surface area contributed by atoms with Crippen LogP contribution >= 0.6 is 11.6 Å². The molecule has 0 atom stereocenters. The number of benzene rings is 1. The van der Waals surface area contributed by atoms with Gasteiger partial charge in [0, 0.05) is 43.3 Å². The minimum atomic E-state index is 0.345. The van der Waals surface area contributed by atoms with Crippen molar-refractivity contribution >= 4 is 28.9 Å². The first-order valence-corrected chi connectivity index (χ1v) is 10.2. The van der Waals surface area contributed by atoms with Crippen molar-refractivity contribution in [2.45, 2.75) is 19.3 Å². The van der Waals surface area contributed by atoms with E-state index in [-0.39, 0.29) is 0 Å². The number of hydrogen-bond donors (Lipinski definition) is 1. The second-order valence-corrected chi connectivity index (χ2v) is 8.22. The fraction of sp³-hybridized carbons (Fsp3) is 0.364. The lowest BCUT2D eigenvalue weighted by Crippen LogP contribution is -2.41. The van der Waals surface area contributed by atoms with E-state index in [1.54, 1.807) is 6.20 Å². The van der Waals surface area contributed by atoms with Crippen LogP contribution in [0.2, 0.25) is 5.15 Å². The molecule has 1 aromatic carbocycles. The number of aromatic nitrogens is 3. The number of nitrogens with two attached hydrogens (primary N) is 1. The smallest absolute Gasteiger partial charge is 0.212 e. The van der Waals surface area contributed by atoms with E-state index in [1.165, 1.54) is 0 Å². The SMILES string of the molecule is Nc1cccc(C#Cc2c(Cl)nc(N3CCC4(CCOC4)CC3)n3ccnc23)c1. The van der Waals surface area contributed by atoms with Gasteiger partial charge in [-0.05, 0) is 42.9 Å². The highest BCUT2D eigenvalue weighted by Crippen LogP contribution is 2.40. The topological polar surface area (TPSA) is 68.7 Å². The summed E-state index contributed by atoms with van der Waals surface area (Å²) in [5, 5.41) is 0.375. The van der Waals surface area contributed by atoms with Gasteiger partial charge < -0.3 is 15.4 Å². The van der Waals surface area contributed by atoms with Crippen molar-refractivity contribution in [1.82, 2.24) is 14.4 Å². The minimum absolute atomic E-state index is 0.345. The van der Waals surface area contributed by atoms with E-state index in [0.29, 0.717) is 21.8 Å². The highest BCUT2D eigenvalue weighted by Gasteiger charge is 2.38. The summed E-state index contributed by atoms with van der Waals surface area (Å²) in [5.74, 6) is 7.08. The maximum atomic E-state index is 6.56. The lowest BCUT2D eigenvalue weighted by molar-refractivity contribution is 0.133. The quantitative estimate of drug-likeness (QED) is 0.380. The van der Waals surface area contributed by atoms with Crippen molar-refractivity contribution in [2.24, 2.45) is 5.41 Å². The van der Waals surface area contributed by atoms with Crippen LogP contribution in [0.4, 0.5) is 11.6 Å². The zero-order valence-electron chi connectivity index (χ0n) is 16.1. The van der Waals surface area contributed by atoms with E-state index >= 15 is 0 Å². The van der Waals surface area contributed by atoms with Crippen LogP contribution < -0.4 is 10.6 Å². The number of nitrogens with zero attached hydrogens (tertiary/aromatic N) is 4. The fourth-order valence-electron chi connectivity index (χ4n) is 4.25. The molecule has 148 valence electrons. The van der Waals surface area contributed by atoms with Gasteiger partial charge in [0.25, 0.3) is 0 Å². The largest absolute Gasteiger partial charge is 0.399 e. The maximum absolute atomic E-state index is 6.56. The molecule has 2 aliphatic heterocycles. The number of hydrogen-bond acceptors (Lipinski definition) is 5. The third-order valence-electron chi connectivity index (χ3n) is 5.99. The van der Waals surface area contributed by atoms with Gasteiger partial charge >= 0.3 is 0 Å². The zero-order valence-corrected chi connectivity index (χ0v) is 16.8. The number of halogens is 1. The molecule has 0 aliphatic carbocycles. The van der Waals surface area contributed by atoms with E-state index in [9.17, 15) is 0 Å². The van der Waals surface area contributed by atoms with Crippen LogP contribution in [0.3, 0.4) is 0 Å². The third kappa shape index (κ3) is 3.41. The van der Waals surface area contributed by atoms with Gasteiger partial charge in [-0.1, -0.05) is 29.5 Å². The lowest BCUT2D eigenvalue weighted by Gasteiger charge is -2.38. The predicted molar refractivity (Wildman–Crippen MR) is 114 cm³/mol. The standard InChI is InChI=1S/C22H22ClN5O/c23-19-18(5-4-16-2-1-3-17(24)14-16)20-25-9-12-28(20)21(26-19)27-10-6-22(7-11-27)8-13-29-15-22/h1-3,9,12,14H,6-8,10-11,13,15,24H2. The summed E-state index contributed by atoms with van der Waals surface area (Å²) in [6.07, 6.45) is 7.06. The maximum Gasteiger partial charge on any atom is 0.212 e. The normalized spacial score (nSPS) is 18.2. The molecule has 0 amide bonds. The first-order valence-electron chi connectivity index (χ1n) is 9.86.